The molecule has 78 valence electrons. The first kappa shape index (κ1) is 10.8. The molecule has 4 N–H and O–H groups in total. The fraction of sp³-hybridized carbons (Fsp3) is 0.500. The Labute approximate surface area is 86.7 Å². The number of carbonyl (C=O) groups is 1. The standard InChI is InChI=1S/C8H14N4OS/c1-5(2)12(4-6(9)13)8-11-3-7(10)14-8/h3,5H,4,10H2,1-2H3,(H2,9,13). The summed E-state index contributed by atoms with van der Waals surface area (Å²) < 4.78 is 0. The third kappa shape index (κ3) is 2.59. The molecule has 0 unspecified atom stereocenters. The SMILES string of the molecule is CC(C)N(CC(N)=O)c1ncc(N)s1. The van der Waals surface area contributed by atoms with Gasteiger partial charge < -0.3 is 16.4 Å². The van der Waals surface area contributed by atoms with E-state index in [0.29, 0.717) is 5.00 Å². The predicted octanol–water partition coefficient (Wildman–Crippen LogP) is 0.425. The van der Waals surface area contributed by atoms with Gasteiger partial charge >= 0.3 is 0 Å². The van der Waals surface area contributed by atoms with Crippen molar-refractivity contribution in [1.82, 2.24) is 4.98 Å². The third-order valence-electron chi connectivity index (χ3n) is 1.71. The van der Waals surface area contributed by atoms with E-state index in [1.54, 1.807) is 6.20 Å². The zero-order valence-electron chi connectivity index (χ0n) is 8.23. The van der Waals surface area contributed by atoms with E-state index in [9.17, 15) is 4.79 Å². The number of hydrogen-bond acceptors (Lipinski definition) is 5. The highest BCUT2D eigenvalue weighted by atomic mass is 32.1. The van der Waals surface area contributed by atoms with Crippen LogP contribution in [-0.4, -0.2) is 23.5 Å². The Morgan fingerprint density at radius 3 is 2.71 bits per heavy atom. The second-order valence-corrected chi connectivity index (χ2v) is 4.27. The molecule has 0 fully saturated rings. The molecule has 0 aliphatic rings. The van der Waals surface area contributed by atoms with Gasteiger partial charge in [-0.05, 0) is 13.8 Å². The van der Waals surface area contributed by atoms with Crippen LogP contribution in [0.15, 0.2) is 6.20 Å². The number of hydrogen-bond donors (Lipinski definition) is 2. The van der Waals surface area contributed by atoms with Crippen LogP contribution < -0.4 is 16.4 Å². The Bertz CT molecular complexity index is 323. The molecule has 5 nitrogen and oxygen atoms in total. The van der Waals surface area contributed by atoms with Crippen molar-refractivity contribution in [2.45, 2.75) is 19.9 Å². The van der Waals surface area contributed by atoms with Crippen molar-refractivity contribution in [2.75, 3.05) is 17.2 Å². The number of rotatable bonds is 4. The molecule has 0 aliphatic heterocycles. The fourth-order valence-corrected chi connectivity index (χ4v) is 1.86. The molecule has 0 saturated carbocycles. The predicted molar refractivity (Wildman–Crippen MR) is 58.2 cm³/mol. The zero-order chi connectivity index (χ0) is 10.7. The summed E-state index contributed by atoms with van der Waals surface area (Å²) in [5.74, 6) is -0.368. The molecule has 1 heterocycles. The fourth-order valence-electron chi connectivity index (χ4n) is 1.05. The molecule has 0 spiro atoms. The highest BCUT2D eigenvalue weighted by Gasteiger charge is 2.15. The Morgan fingerprint density at radius 1 is 1.71 bits per heavy atom. The molecule has 0 radical (unpaired) electrons. The topological polar surface area (TPSA) is 85.2 Å². The van der Waals surface area contributed by atoms with Crippen molar-refractivity contribution in [1.29, 1.82) is 0 Å². The number of amides is 1. The van der Waals surface area contributed by atoms with Crippen molar-refractivity contribution >= 4 is 27.4 Å². The van der Waals surface area contributed by atoms with Gasteiger partial charge in [0.1, 0.15) is 5.00 Å². The minimum Gasteiger partial charge on any atom is -0.389 e. The second-order valence-electron chi connectivity index (χ2n) is 3.23. The van der Waals surface area contributed by atoms with Gasteiger partial charge in [-0.15, -0.1) is 0 Å². The van der Waals surface area contributed by atoms with Gasteiger partial charge in [-0.1, -0.05) is 11.3 Å². The first-order chi connectivity index (χ1) is 6.50. The summed E-state index contributed by atoms with van der Waals surface area (Å²) in [6, 6.07) is 0.174. The maximum absolute atomic E-state index is 10.8. The molecule has 0 bridgehead atoms. The molecule has 1 amide bonds. The first-order valence-corrected chi connectivity index (χ1v) is 5.08. The number of nitrogen functional groups attached to an aromatic ring is 1. The van der Waals surface area contributed by atoms with Gasteiger partial charge in [0.15, 0.2) is 5.13 Å². The lowest BCUT2D eigenvalue weighted by atomic mass is 10.3. The van der Waals surface area contributed by atoms with Gasteiger partial charge in [0, 0.05) is 6.04 Å². The Hall–Kier alpha value is -1.30. The summed E-state index contributed by atoms with van der Waals surface area (Å²) in [7, 11) is 0. The van der Waals surface area contributed by atoms with Crippen LogP contribution in [0.25, 0.3) is 0 Å². The molecule has 6 heteroatoms. The smallest absolute Gasteiger partial charge is 0.237 e. The number of nitrogens with two attached hydrogens (primary N) is 2. The van der Waals surface area contributed by atoms with Crippen molar-refractivity contribution in [3.63, 3.8) is 0 Å². The molecule has 1 aromatic rings. The summed E-state index contributed by atoms with van der Waals surface area (Å²) >= 11 is 1.35. The number of carbonyl (C=O) groups excluding carboxylic acids is 1. The van der Waals surface area contributed by atoms with Crippen LogP contribution in [-0.2, 0) is 4.79 Å². The summed E-state index contributed by atoms with van der Waals surface area (Å²) in [4.78, 5) is 16.7. The average Bonchev–Trinajstić information content (AvgIpc) is 2.46. The molecule has 0 aliphatic carbocycles. The van der Waals surface area contributed by atoms with Crippen LogP contribution in [0.5, 0.6) is 0 Å². The molecule has 1 rings (SSSR count). The van der Waals surface area contributed by atoms with Gasteiger partial charge in [-0.2, -0.15) is 0 Å². The highest BCUT2D eigenvalue weighted by molar-refractivity contribution is 7.19. The van der Waals surface area contributed by atoms with Gasteiger partial charge in [0.2, 0.25) is 5.91 Å². The van der Waals surface area contributed by atoms with Crippen LogP contribution >= 0.6 is 11.3 Å². The Balaban J connectivity index is 2.82. The van der Waals surface area contributed by atoms with Gasteiger partial charge in [-0.25, -0.2) is 4.98 Å². The monoisotopic (exact) mass is 214 g/mol. The first-order valence-electron chi connectivity index (χ1n) is 4.27. The van der Waals surface area contributed by atoms with Crippen LogP contribution in [0.4, 0.5) is 10.1 Å². The average molecular weight is 214 g/mol. The second kappa shape index (κ2) is 4.28. The quantitative estimate of drug-likeness (QED) is 0.761. The van der Waals surface area contributed by atoms with Crippen LogP contribution in [0.2, 0.25) is 0 Å². The van der Waals surface area contributed by atoms with E-state index in [-0.39, 0.29) is 18.5 Å². The van der Waals surface area contributed by atoms with Crippen molar-refractivity contribution in [3.8, 4) is 0 Å². The molecular formula is C8H14N4OS. The Kier molecular flexibility index (Phi) is 3.29. The van der Waals surface area contributed by atoms with Crippen molar-refractivity contribution in [2.24, 2.45) is 5.73 Å². The summed E-state index contributed by atoms with van der Waals surface area (Å²) in [6.45, 7) is 4.12. The van der Waals surface area contributed by atoms with Gasteiger partial charge in [-0.3, -0.25) is 4.79 Å². The molecule has 0 atom stereocenters. The Morgan fingerprint density at radius 2 is 2.36 bits per heavy atom. The number of primary amides is 1. The lowest BCUT2D eigenvalue weighted by Crippen LogP contribution is -2.38. The minimum atomic E-state index is -0.368. The number of aromatic nitrogens is 1. The van der Waals surface area contributed by atoms with Crippen LogP contribution in [0, 0.1) is 0 Å². The van der Waals surface area contributed by atoms with Crippen LogP contribution in [0.1, 0.15) is 13.8 Å². The molecule has 0 saturated heterocycles. The molecular weight excluding hydrogens is 200 g/mol. The van der Waals surface area contributed by atoms with Crippen molar-refractivity contribution in [3.05, 3.63) is 6.20 Å². The van der Waals surface area contributed by atoms with E-state index >= 15 is 0 Å². The number of nitrogens with zero attached hydrogens (tertiary/aromatic N) is 2. The van der Waals surface area contributed by atoms with E-state index in [1.165, 1.54) is 11.3 Å². The maximum atomic E-state index is 10.8. The summed E-state index contributed by atoms with van der Waals surface area (Å²) in [6.07, 6.45) is 1.58. The lowest BCUT2D eigenvalue weighted by Gasteiger charge is -2.24. The highest BCUT2D eigenvalue weighted by Crippen LogP contribution is 2.25. The van der Waals surface area contributed by atoms with Gasteiger partial charge in [0.05, 0.1) is 12.7 Å². The van der Waals surface area contributed by atoms with E-state index in [0.717, 1.165) is 5.13 Å². The van der Waals surface area contributed by atoms with E-state index < -0.39 is 0 Å². The lowest BCUT2D eigenvalue weighted by molar-refractivity contribution is -0.116. The third-order valence-corrected chi connectivity index (χ3v) is 2.57. The summed E-state index contributed by atoms with van der Waals surface area (Å²) in [5.41, 5.74) is 10.7. The number of thiazole rings is 1. The van der Waals surface area contributed by atoms with E-state index in [2.05, 4.69) is 4.98 Å². The van der Waals surface area contributed by atoms with E-state index in [1.807, 2.05) is 18.7 Å². The van der Waals surface area contributed by atoms with Crippen molar-refractivity contribution < 1.29 is 4.79 Å². The normalized spacial score (nSPS) is 10.5. The molecule has 1 aromatic heterocycles. The van der Waals surface area contributed by atoms with Crippen LogP contribution in [0.3, 0.4) is 0 Å². The van der Waals surface area contributed by atoms with Gasteiger partial charge in [0.25, 0.3) is 0 Å². The maximum Gasteiger partial charge on any atom is 0.237 e. The molecule has 0 aromatic carbocycles. The molecule has 14 heavy (non-hydrogen) atoms. The minimum absolute atomic E-state index is 0.171. The zero-order valence-corrected chi connectivity index (χ0v) is 9.04. The largest absolute Gasteiger partial charge is 0.389 e. The number of anilines is 2. The summed E-state index contributed by atoms with van der Waals surface area (Å²) in [5, 5.41) is 1.37. The van der Waals surface area contributed by atoms with E-state index in [4.69, 9.17) is 11.5 Å².